The van der Waals surface area contributed by atoms with Gasteiger partial charge in [-0.15, -0.1) is 11.3 Å². The molecule has 1 fully saturated rings. The van der Waals surface area contributed by atoms with E-state index in [4.69, 9.17) is 5.73 Å². The highest BCUT2D eigenvalue weighted by atomic mass is 79.9. The normalized spacial score (nSPS) is 18.6. The number of hydrogen-bond donors (Lipinski definition) is 1. The van der Waals surface area contributed by atoms with Crippen molar-refractivity contribution in [2.45, 2.75) is 17.1 Å². The number of thiophene rings is 1. The second kappa shape index (κ2) is 4.62. The number of nitrogens with two attached hydrogens (primary N) is 1. The standard InChI is InChI=1S/C10H15BrN2O2S2/c1-13(7-10(6-12)2-3-10)17(14,15)9-4-8(11)5-16-9/h4-5H,2-3,6-7,12H2,1H3. The van der Waals surface area contributed by atoms with E-state index >= 15 is 0 Å². The first-order valence-electron chi connectivity index (χ1n) is 5.30. The summed E-state index contributed by atoms with van der Waals surface area (Å²) in [5.74, 6) is 0. The number of nitrogens with zero attached hydrogens (tertiary/aromatic N) is 1. The summed E-state index contributed by atoms with van der Waals surface area (Å²) >= 11 is 4.50. The van der Waals surface area contributed by atoms with Crippen LogP contribution >= 0.6 is 27.3 Å². The first-order chi connectivity index (χ1) is 7.89. The van der Waals surface area contributed by atoms with Crippen LogP contribution in [0.25, 0.3) is 0 Å². The monoisotopic (exact) mass is 338 g/mol. The minimum Gasteiger partial charge on any atom is -0.330 e. The van der Waals surface area contributed by atoms with Crippen LogP contribution in [-0.4, -0.2) is 32.9 Å². The summed E-state index contributed by atoms with van der Waals surface area (Å²) in [7, 11) is -1.73. The highest BCUT2D eigenvalue weighted by molar-refractivity contribution is 9.10. The Balaban J connectivity index is 2.16. The van der Waals surface area contributed by atoms with Gasteiger partial charge in [-0.2, -0.15) is 4.31 Å². The first kappa shape index (κ1) is 13.5. The second-order valence-corrected chi connectivity index (χ2v) is 8.65. The van der Waals surface area contributed by atoms with Crippen molar-refractivity contribution in [2.75, 3.05) is 20.1 Å². The maximum absolute atomic E-state index is 12.2. The molecular formula is C10H15BrN2O2S2. The Hall–Kier alpha value is 0.0500. The fraction of sp³-hybridized carbons (Fsp3) is 0.600. The zero-order valence-corrected chi connectivity index (χ0v) is 12.7. The van der Waals surface area contributed by atoms with Crippen molar-refractivity contribution in [1.29, 1.82) is 0 Å². The van der Waals surface area contributed by atoms with Gasteiger partial charge in [0.25, 0.3) is 10.0 Å². The van der Waals surface area contributed by atoms with E-state index in [0.29, 0.717) is 17.3 Å². The maximum atomic E-state index is 12.2. The van der Waals surface area contributed by atoms with Gasteiger partial charge in [0.2, 0.25) is 0 Å². The van der Waals surface area contributed by atoms with Crippen LogP contribution in [0.5, 0.6) is 0 Å². The van der Waals surface area contributed by atoms with Crippen molar-refractivity contribution in [1.82, 2.24) is 4.31 Å². The lowest BCUT2D eigenvalue weighted by Crippen LogP contribution is -2.35. The summed E-state index contributed by atoms with van der Waals surface area (Å²) in [6.45, 7) is 1.07. The second-order valence-electron chi connectivity index (χ2n) is 4.55. The molecule has 0 aromatic carbocycles. The van der Waals surface area contributed by atoms with Crippen molar-refractivity contribution in [2.24, 2.45) is 11.1 Å². The molecule has 4 nitrogen and oxygen atoms in total. The summed E-state index contributed by atoms with van der Waals surface area (Å²) in [5, 5.41) is 1.77. The zero-order valence-electron chi connectivity index (χ0n) is 9.52. The van der Waals surface area contributed by atoms with E-state index in [2.05, 4.69) is 15.9 Å². The highest BCUT2D eigenvalue weighted by Crippen LogP contribution is 2.45. The lowest BCUT2D eigenvalue weighted by atomic mass is 10.1. The van der Waals surface area contributed by atoms with E-state index < -0.39 is 10.0 Å². The van der Waals surface area contributed by atoms with E-state index in [1.165, 1.54) is 15.6 Å². The molecule has 2 rings (SSSR count). The van der Waals surface area contributed by atoms with E-state index in [-0.39, 0.29) is 5.41 Å². The minimum absolute atomic E-state index is 0.0241. The van der Waals surface area contributed by atoms with E-state index in [0.717, 1.165) is 17.3 Å². The lowest BCUT2D eigenvalue weighted by Gasteiger charge is -2.21. The molecule has 0 amide bonds. The van der Waals surface area contributed by atoms with Gasteiger partial charge in [0, 0.05) is 23.4 Å². The smallest absolute Gasteiger partial charge is 0.252 e. The van der Waals surface area contributed by atoms with Crippen LogP contribution in [0.15, 0.2) is 20.1 Å². The van der Waals surface area contributed by atoms with Gasteiger partial charge in [-0.3, -0.25) is 0 Å². The van der Waals surface area contributed by atoms with Crippen molar-refractivity contribution in [3.63, 3.8) is 0 Å². The molecule has 2 N–H and O–H groups in total. The van der Waals surface area contributed by atoms with Crippen LogP contribution in [-0.2, 0) is 10.0 Å². The van der Waals surface area contributed by atoms with Crippen molar-refractivity contribution in [3.05, 3.63) is 15.9 Å². The zero-order chi connectivity index (χ0) is 12.7. The van der Waals surface area contributed by atoms with E-state index in [1.807, 2.05) is 0 Å². The first-order valence-corrected chi connectivity index (χ1v) is 8.41. The minimum atomic E-state index is -3.36. The lowest BCUT2D eigenvalue weighted by molar-refractivity contribution is 0.372. The molecule has 0 atom stereocenters. The van der Waals surface area contributed by atoms with Crippen LogP contribution in [0.4, 0.5) is 0 Å². The Morgan fingerprint density at radius 1 is 1.59 bits per heavy atom. The number of halogens is 1. The molecule has 1 aromatic heterocycles. The SMILES string of the molecule is CN(CC1(CN)CC1)S(=O)(=O)c1cc(Br)cs1. The topological polar surface area (TPSA) is 63.4 Å². The van der Waals surface area contributed by atoms with Crippen LogP contribution in [0.3, 0.4) is 0 Å². The van der Waals surface area contributed by atoms with Crippen LogP contribution < -0.4 is 5.73 Å². The summed E-state index contributed by atoms with van der Waals surface area (Å²) < 4.78 is 27.1. The van der Waals surface area contributed by atoms with Crippen LogP contribution in [0.2, 0.25) is 0 Å². The van der Waals surface area contributed by atoms with E-state index in [9.17, 15) is 8.42 Å². The molecule has 0 bridgehead atoms. The highest BCUT2D eigenvalue weighted by Gasteiger charge is 2.44. The Kier molecular flexibility index (Phi) is 3.66. The number of hydrogen-bond acceptors (Lipinski definition) is 4. The average molecular weight is 339 g/mol. The van der Waals surface area contributed by atoms with E-state index in [1.54, 1.807) is 18.5 Å². The molecule has 0 radical (unpaired) electrons. The van der Waals surface area contributed by atoms with Gasteiger partial charge in [0.05, 0.1) is 0 Å². The molecule has 0 aliphatic heterocycles. The van der Waals surface area contributed by atoms with Crippen LogP contribution in [0, 0.1) is 5.41 Å². The molecule has 17 heavy (non-hydrogen) atoms. The van der Waals surface area contributed by atoms with Gasteiger partial charge >= 0.3 is 0 Å². The summed E-state index contributed by atoms with van der Waals surface area (Å²) in [5.41, 5.74) is 5.70. The Morgan fingerprint density at radius 2 is 2.24 bits per heavy atom. The quantitative estimate of drug-likeness (QED) is 0.891. The molecule has 0 saturated heterocycles. The molecule has 1 aliphatic rings. The Labute approximate surface area is 114 Å². The van der Waals surface area contributed by atoms with Gasteiger partial charge in [-0.1, -0.05) is 0 Å². The largest absolute Gasteiger partial charge is 0.330 e. The summed E-state index contributed by atoms with van der Waals surface area (Å²) in [6.07, 6.45) is 2.05. The molecular weight excluding hydrogens is 324 g/mol. The summed E-state index contributed by atoms with van der Waals surface area (Å²) in [4.78, 5) is 0. The van der Waals surface area contributed by atoms with Crippen molar-refractivity contribution < 1.29 is 8.42 Å². The third-order valence-corrected chi connectivity index (χ3v) is 7.14. The van der Waals surface area contributed by atoms with Gasteiger partial charge in [-0.05, 0) is 46.8 Å². The van der Waals surface area contributed by atoms with Gasteiger partial charge < -0.3 is 5.73 Å². The van der Waals surface area contributed by atoms with Crippen LogP contribution in [0.1, 0.15) is 12.8 Å². The Morgan fingerprint density at radius 3 is 2.65 bits per heavy atom. The third-order valence-electron chi connectivity index (χ3n) is 3.16. The molecule has 1 heterocycles. The van der Waals surface area contributed by atoms with Gasteiger partial charge in [-0.25, -0.2) is 8.42 Å². The maximum Gasteiger partial charge on any atom is 0.252 e. The molecule has 0 spiro atoms. The number of sulfonamides is 1. The van der Waals surface area contributed by atoms with Gasteiger partial charge in [0.1, 0.15) is 4.21 Å². The molecule has 1 aliphatic carbocycles. The molecule has 1 aromatic rings. The van der Waals surface area contributed by atoms with Crippen molar-refractivity contribution in [3.8, 4) is 0 Å². The fourth-order valence-corrected chi connectivity index (χ4v) is 5.09. The molecule has 1 saturated carbocycles. The predicted molar refractivity (Wildman–Crippen MR) is 72.6 cm³/mol. The molecule has 7 heteroatoms. The third kappa shape index (κ3) is 2.73. The summed E-state index contributed by atoms with van der Waals surface area (Å²) in [6, 6.07) is 1.64. The fourth-order valence-electron chi connectivity index (χ4n) is 1.74. The average Bonchev–Trinajstić information content (AvgIpc) is 2.91. The van der Waals surface area contributed by atoms with Crippen molar-refractivity contribution >= 4 is 37.3 Å². The molecule has 0 unspecified atom stereocenters. The predicted octanol–water partition coefficient (Wildman–Crippen LogP) is 1.87. The molecule has 96 valence electrons. The number of rotatable bonds is 5. The Bertz CT molecular complexity index is 508. The van der Waals surface area contributed by atoms with Gasteiger partial charge in [0.15, 0.2) is 0 Å².